The first-order valence-electron chi connectivity index (χ1n) is 8.77. The van der Waals surface area contributed by atoms with Crippen molar-refractivity contribution < 1.29 is 13.6 Å². The molecule has 0 spiro atoms. The van der Waals surface area contributed by atoms with E-state index >= 15 is 0 Å². The average Bonchev–Trinajstić information content (AvgIpc) is 3.23. The molecule has 0 atom stereocenters. The molecule has 1 aliphatic heterocycles. The van der Waals surface area contributed by atoms with Crippen molar-refractivity contribution >= 4 is 5.91 Å². The summed E-state index contributed by atoms with van der Waals surface area (Å²) in [5, 5.41) is 3.97. The zero-order chi connectivity index (χ0) is 19.7. The van der Waals surface area contributed by atoms with E-state index in [0.29, 0.717) is 47.1 Å². The molecule has 3 heterocycles. The molecule has 8 heteroatoms. The fourth-order valence-electron chi connectivity index (χ4n) is 3.25. The molecule has 6 nitrogen and oxygen atoms in total. The van der Waals surface area contributed by atoms with Crippen molar-refractivity contribution in [2.45, 2.75) is 19.5 Å². The fraction of sp³-hybridized carbons (Fsp3) is 0.200. The molecule has 0 fully saturated rings. The fourth-order valence-corrected chi connectivity index (χ4v) is 3.25. The van der Waals surface area contributed by atoms with Crippen LogP contribution < -0.4 is 0 Å². The predicted octanol–water partition coefficient (Wildman–Crippen LogP) is 3.47. The SMILES string of the molecule is C=CC(=O)N1CCc2c(nc(-c3ccccc3)nc2-c2ccn(C(F)F)n2)C1. The van der Waals surface area contributed by atoms with Crippen LogP contribution in [0, 0.1) is 0 Å². The normalized spacial score (nSPS) is 13.5. The van der Waals surface area contributed by atoms with Crippen molar-refractivity contribution in [3.05, 3.63) is 66.5 Å². The lowest BCUT2D eigenvalue weighted by Gasteiger charge is -2.28. The van der Waals surface area contributed by atoms with Crippen LogP contribution >= 0.6 is 0 Å². The minimum absolute atomic E-state index is 0.172. The average molecular weight is 381 g/mol. The van der Waals surface area contributed by atoms with Gasteiger partial charge in [0, 0.05) is 23.9 Å². The smallest absolute Gasteiger partial charge is 0.333 e. The quantitative estimate of drug-likeness (QED) is 0.649. The summed E-state index contributed by atoms with van der Waals surface area (Å²) in [7, 11) is 0. The van der Waals surface area contributed by atoms with Gasteiger partial charge in [-0.15, -0.1) is 0 Å². The number of fused-ring (bicyclic) bond motifs is 1. The molecule has 0 bridgehead atoms. The highest BCUT2D eigenvalue weighted by Gasteiger charge is 2.26. The number of nitrogens with zero attached hydrogens (tertiary/aromatic N) is 5. The monoisotopic (exact) mass is 381 g/mol. The van der Waals surface area contributed by atoms with Crippen LogP contribution in [0.5, 0.6) is 0 Å². The van der Waals surface area contributed by atoms with Gasteiger partial charge in [0.1, 0.15) is 5.69 Å². The van der Waals surface area contributed by atoms with E-state index in [-0.39, 0.29) is 5.91 Å². The highest BCUT2D eigenvalue weighted by molar-refractivity contribution is 5.87. The van der Waals surface area contributed by atoms with Crippen LogP contribution in [0.4, 0.5) is 8.78 Å². The Kier molecular flexibility index (Phi) is 4.68. The highest BCUT2D eigenvalue weighted by Crippen LogP contribution is 2.30. The maximum atomic E-state index is 13.0. The molecule has 28 heavy (non-hydrogen) atoms. The summed E-state index contributed by atoms with van der Waals surface area (Å²) in [5.41, 5.74) is 3.20. The van der Waals surface area contributed by atoms with Crippen molar-refractivity contribution in [3.8, 4) is 22.8 Å². The first-order valence-corrected chi connectivity index (χ1v) is 8.77. The second-order valence-corrected chi connectivity index (χ2v) is 6.36. The molecule has 0 unspecified atom stereocenters. The molecule has 0 N–H and O–H groups in total. The molecular weight excluding hydrogens is 364 g/mol. The number of amides is 1. The second kappa shape index (κ2) is 7.30. The molecule has 3 aromatic rings. The summed E-state index contributed by atoms with van der Waals surface area (Å²) in [6.07, 6.45) is 3.02. The topological polar surface area (TPSA) is 63.9 Å². The summed E-state index contributed by atoms with van der Waals surface area (Å²) >= 11 is 0. The molecule has 142 valence electrons. The summed E-state index contributed by atoms with van der Waals surface area (Å²) in [4.78, 5) is 23.0. The Balaban J connectivity index is 1.85. The molecular formula is C20H17F2N5O. The minimum atomic E-state index is -2.72. The summed E-state index contributed by atoms with van der Waals surface area (Å²) in [6.45, 7) is 1.60. The van der Waals surface area contributed by atoms with Gasteiger partial charge in [-0.1, -0.05) is 36.9 Å². The summed E-state index contributed by atoms with van der Waals surface area (Å²) < 4.78 is 26.5. The number of carbonyl (C=O) groups excluding carboxylic acids is 1. The van der Waals surface area contributed by atoms with E-state index in [1.807, 2.05) is 30.3 Å². The van der Waals surface area contributed by atoms with Gasteiger partial charge in [0.2, 0.25) is 5.91 Å². The van der Waals surface area contributed by atoms with Crippen molar-refractivity contribution in [3.63, 3.8) is 0 Å². The molecule has 0 aliphatic carbocycles. The molecule has 2 aromatic heterocycles. The van der Waals surface area contributed by atoms with Crippen molar-refractivity contribution in [1.82, 2.24) is 24.6 Å². The molecule has 1 aliphatic rings. The van der Waals surface area contributed by atoms with Crippen molar-refractivity contribution in [2.75, 3.05) is 6.54 Å². The van der Waals surface area contributed by atoms with Crippen LogP contribution in [0.15, 0.2) is 55.3 Å². The van der Waals surface area contributed by atoms with Crippen LogP contribution in [-0.2, 0) is 17.8 Å². The van der Waals surface area contributed by atoms with E-state index in [1.165, 1.54) is 18.3 Å². The molecule has 0 saturated carbocycles. The van der Waals surface area contributed by atoms with Gasteiger partial charge in [-0.25, -0.2) is 14.6 Å². The lowest BCUT2D eigenvalue weighted by atomic mass is 10.0. The van der Waals surface area contributed by atoms with Crippen LogP contribution in [0.2, 0.25) is 0 Å². The van der Waals surface area contributed by atoms with E-state index in [0.717, 1.165) is 11.1 Å². The number of benzene rings is 1. The minimum Gasteiger partial charge on any atom is -0.333 e. The standard InChI is InChI=1S/C20H17F2N5O/c1-2-17(28)26-10-8-14-16(12-26)23-19(13-6-4-3-5-7-13)24-18(14)15-9-11-27(25-15)20(21)22/h2-7,9,11,20H,1,8,10,12H2. The Labute approximate surface area is 160 Å². The van der Waals surface area contributed by atoms with Crippen LogP contribution in [0.3, 0.4) is 0 Å². The van der Waals surface area contributed by atoms with E-state index in [1.54, 1.807) is 4.90 Å². The number of hydrogen-bond donors (Lipinski definition) is 0. The van der Waals surface area contributed by atoms with Crippen LogP contribution in [0.25, 0.3) is 22.8 Å². The van der Waals surface area contributed by atoms with E-state index in [4.69, 9.17) is 0 Å². The molecule has 0 saturated heterocycles. The van der Waals surface area contributed by atoms with Gasteiger partial charge in [0.05, 0.1) is 17.9 Å². The van der Waals surface area contributed by atoms with Gasteiger partial charge in [0.25, 0.3) is 0 Å². The van der Waals surface area contributed by atoms with Gasteiger partial charge in [0.15, 0.2) is 5.82 Å². The lowest BCUT2D eigenvalue weighted by Crippen LogP contribution is -2.35. The Hall–Kier alpha value is -3.42. The third-order valence-corrected chi connectivity index (χ3v) is 4.63. The van der Waals surface area contributed by atoms with Gasteiger partial charge >= 0.3 is 6.55 Å². The third kappa shape index (κ3) is 3.28. The van der Waals surface area contributed by atoms with Crippen LogP contribution in [0.1, 0.15) is 17.8 Å². The Morgan fingerprint density at radius 2 is 1.96 bits per heavy atom. The van der Waals surface area contributed by atoms with Gasteiger partial charge < -0.3 is 4.90 Å². The van der Waals surface area contributed by atoms with Crippen LogP contribution in [-0.4, -0.2) is 37.1 Å². The van der Waals surface area contributed by atoms with Crippen molar-refractivity contribution in [1.29, 1.82) is 0 Å². The summed E-state index contributed by atoms with van der Waals surface area (Å²) in [6, 6.07) is 10.9. The van der Waals surface area contributed by atoms with Crippen molar-refractivity contribution in [2.24, 2.45) is 0 Å². The number of alkyl halides is 2. The number of hydrogen-bond acceptors (Lipinski definition) is 4. The zero-order valence-electron chi connectivity index (χ0n) is 14.9. The first-order chi connectivity index (χ1) is 13.6. The zero-order valence-corrected chi connectivity index (χ0v) is 14.9. The highest BCUT2D eigenvalue weighted by atomic mass is 19.3. The largest absolute Gasteiger partial charge is 0.333 e. The lowest BCUT2D eigenvalue weighted by molar-refractivity contribution is -0.126. The Morgan fingerprint density at radius 3 is 2.64 bits per heavy atom. The molecule has 4 rings (SSSR count). The molecule has 1 aromatic carbocycles. The first kappa shape index (κ1) is 18.0. The van der Waals surface area contributed by atoms with E-state index in [9.17, 15) is 13.6 Å². The van der Waals surface area contributed by atoms with Gasteiger partial charge in [-0.2, -0.15) is 13.9 Å². The third-order valence-electron chi connectivity index (χ3n) is 4.63. The molecule has 0 radical (unpaired) electrons. The van der Waals surface area contributed by atoms with Gasteiger partial charge in [-0.05, 0) is 18.6 Å². The molecule has 1 amide bonds. The number of halogens is 2. The number of carbonyl (C=O) groups is 1. The van der Waals surface area contributed by atoms with E-state index in [2.05, 4.69) is 21.6 Å². The maximum absolute atomic E-state index is 13.0. The maximum Gasteiger partial charge on any atom is 0.333 e. The van der Waals surface area contributed by atoms with E-state index < -0.39 is 6.55 Å². The predicted molar refractivity (Wildman–Crippen MR) is 99.3 cm³/mol. The number of rotatable bonds is 4. The summed E-state index contributed by atoms with van der Waals surface area (Å²) in [5.74, 6) is 0.294. The van der Waals surface area contributed by atoms with Gasteiger partial charge in [-0.3, -0.25) is 4.79 Å². The number of aromatic nitrogens is 4. The Bertz CT molecular complexity index is 1030. The Morgan fingerprint density at radius 1 is 1.18 bits per heavy atom. The second-order valence-electron chi connectivity index (χ2n) is 6.36.